The number of likely N-dealkylation sites (tertiary alicyclic amines) is 1. The molecule has 1 heterocycles. The van der Waals surface area contributed by atoms with Gasteiger partial charge in [-0.25, -0.2) is 0 Å². The van der Waals surface area contributed by atoms with E-state index in [2.05, 4.69) is 10.6 Å². The van der Waals surface area contributed by atoms with Crippen LogP contribution in [0.3, 0.4) is 0 Å². The van der Waals surface area contributed by atoms with E-state index in [-0.39, 0.29) is 29.7 Å². The average Bonchev–Trinajstić information content (AvgIpc) is 3.50. The van der Waals surface area contributed by atoms with Crippen LogP contribution in [0.25, 0.3) is 0 Å². The van der Waals surface area contributed by atoms with Crippen LogP contribution in [-0.2, 0) is 9.59 Å². The number of benzene rings is 1. The lowest BCUT2D eigenvalue weighted by Gasteiger charge is -2.36. The van der Waals surface area contributed by atoms with Gasteiger partial charge in [0.1, 0.15) is 6.04 Å². The van der Waals surface area contributed by atoms with Gasteiger partial charge in [0.15, 0.2) is 0 Å². The molecule has 1 atom stereocenters. The Hall–Kier alpha value is -2.37. The van der Waals surface area contributed by atoms with E-state index in [0.717, 1.165) is 31.2 Å². The summed E-state index contributed by atoms with van der Waals surface area (Å²) in [7, 11) is 0. The minimum Gasteiger partial charge on any atom is -0.352 e. The quantitative estimate of drug-likeness (QED) is 0.740. The van der Waals surface area contributed by atoms with Gasteiger partial charge in [-0.05, 0) is 56.6 Å². The van der Waals surface area contributed by atoms with Gasteiger partial charge in [0.2, 0.25) is 11.8 Å². The average molecular weight is 400 g/mol. The number of nitrogens with zero attached hydrogens (tertiary/aromatic N) is 1. The Morgan fingerprint density at radius 3 is 2.21 bits per heavy atom. The topological polar surface area (TPSA) is 78.5 Å². The van der Waals surface area contributed by atoms with Crippen LogP contribution in [0.4, 0.5) is 0 Å². The molecule has 0 aromatic heterocycles. The molecule has 2 aliphatic rings. The van der Waals surface area contributed by atoms with Crippen molar-refractivity contribution in [3.8, 4) is 0 Å². The number of rotatable bonds is 7. The van der Waals surface area contributed by atoms with Crippen molar-refractivity contribution in [3.05, 3.63) is 35.4 Å². The van der Waals surface area contributed by atoms with Gasteiger partial charge in [0.05, 0.1) is 0 Å². The number of carbonyl (C=O) groups is 3. The number of carbonyl (C=O) groups excluding carboxylic acids is 3. The van der Waals surface area contributed by atoms with Crippen molar-refractivity contribution in [2.24, 2.45) is 11.8 Å². The molecule has 29 heavy (non-hydrogen) atoms. The maximum atomic E-state index is 12.9. The van der Waals surface area contributed by atoms with Crippen LogP contribution in [0.1, 0.15) is 61.9 Å². The molecule has 1 saturated carbocycles. The van der Waals surface area contributed by atoms with E-state index in [0.29, 0.717) is 31.0 Å². The normalized spacial score (nSPS) is 18.4. The summed E-state index contributed by atoms with van der Waals surface area (Å²) in [4.78, 5) is 39.9. The molecule has 1 aromatic carbocycles. The van der Waals surface area contributed by atoms with Crippen LogP contribution < -0.4 is 10.6 Å². The van der Waals surface area contributed by atoms with Crippen molar-refractivity contribution in [1.82, 2.24) is 15.5 Å². The van der Waals surface area contributed by atoms with E-state index in [1.54, 1.807) is 12.1 Å². The van der Waals surface area contributed by atoms with Gasteiger partial charge in [-0.15, -0.1) is 0 Å². The van der Waals surface area contributed by atoms with Crippen molar-refractivity contribution in [1.29, 1.82) is 0 Å². The van der Waals surface area contributed by atoms with Gasteiger partial charge in [-0.2, -0.15) is 0 Å². The number of nitrogens with one attached hydrogen (secondary N) is 2. The van der Waals surface area contributed by atoms with E-state index in [1.807, 2.05) is 37.8 Å². The summed E-state index contributed by atoms with van der Waals surface area (Å²) in [6.07, 6.45) is 4.01. The molecular weight excluding hydrogens is 366 g/mol. The molecular formula is C23H33N3O3. The predicted octanol–water partition coefficient (Wildman–Crippen LogP) is 2.66. The Balaban J connectivity index is 1.64. The lowest BCUT2D eigenvalue weighted by Crippen LogP contribution is -2.54. The smallest absolute Gasteiger partial charge is 0.251 e. The van der Waals surface area contributed by atoms with Crippen molar-refractivity contribution >= 4 is 17.7 Å². The molecule has 1 aliphatic carbocycles. The first-order chi connectivity index (χ1) is 13.8. The SMILES string of the molecule is Cc1ccc(C(=O)N[C@@H](C(=O)NC2CC2)C2CCN(C(=O)CC(C)C)CC2)cc1. The third-order valence-corrected chi connectivity index (χ3v) is 5.75. The summed E-state index contributed by atoms with van der Waals surface area (Å²) in [5.74, 6) is 0.234. The first-order valence-corrected chi connectivity index (χ1v) is 10.8. The fourth-order valence-electron chi connectivity index (χ4n) is 3.81. The third-order valence-electron chi connectivity index (χ3n) is 5.75. The zero-order chi connectivity index (χ0) is 21.0. The zero-order valence-electron chi connectivity index (χ0n) is 17.7. The van der Waals surface area contributed by atoms with E-state index < -0.39 is 6.04 Å². The van der Waals surface area contributed by atoms with Crippen molar-refractivity contribution in [2.45, 2.75) is 65.0 Å². The molecule has 0 spiro atoms. The molecule has 6 nitrogen and oxygen atoms in total. The second-order valence-electron chi connectivity index (χ2n) is 8.92. The number of aryl methyl sites for hydroxylation is 1. The van der Waals surface area contributed by atoms with Gasteiger partial charge in [0, 0.05) is 31.1 Å². The fourth-order valence-corrected chi connectivity index (χ4v) is 3.81. The van der Waals surface area contributed by atoms with Crippen LogP contribution in [0.15, 0.2) is 24.3 Å². The Morgan fingerprint density at radius 2 is 1.66 bits per heavy atom. The van der Waals surface area contributed by atoms with Gasteiger partial charge in [-0.1, -0.05) is 31.5 Å². The molecule has 6 heteroatoms. The molecule has 0 unspecified atom stereocenters. The van der Waals surface area contributed by atoms with Gasteiger partial charge >= 0.3 is 0 Å². The van der Waals surface area contributed by atoms with Gasteiger partial charge < -0.3 is 15.5 Å². The largest absolute Gasteiger partial charge is 0.352 e. The predicted molar refractivity (Wildman–Crippen MR) is 112 cm³/mol. The molecule has 3 rings (SSSR count). The van der Waals surface area contributed by atoms with Gasteiger partial charge in [0.25, 0.3) is 5.91 Å². The summed E-state index contributed by atoms with van der Waals surface area (Å²) in [5.41, 5.74) is 1.65. The highest BCUT2D eigenvalue weighted by Crippen LogP contribution is 2.24. The molecule has 0 radical (unpaired) electrons. The molecule has 3 amide bonds. The van der Waals surface area contributed by atoms with E-state index in [9.17, 15) is 14.4 Å². The van der Waals surface area contributed by atoms with Crippen LogP contribution in [-0.4, -0.2) is 47.8 Å². The number of hydrogen-bond donors (Lipinski definition) is 2. The first-order valence-electron chi connectivity index (χ1n) is 10.8. The van der Waals surface area contributed by atoms with Crippen LogP contribution in [0, 0.1) is 18.8 Å². The first kappa shape index (κ1) is 21.3. The van der Waals surface area contributed by atoms with E-state index >= 15 is 0 Å². The molecule has 2 fully saturated rings. The molecule has 158 valence electrons. The number of amides is 3. The summed E-state index contributed by atoms with van der Waals surface area (Å²) < 4.78 is 0. The monoisotopic (exact) mass is 399 g/mol. The second kappa shape index (κ2) is 9.42. The second-order valence-corrected chi connectivity index (χ2v) is 8.92. The highest BCUT2D eigenvalue weighted by atomic mass is 16.2. The van der Waals surface area contributed by atoms with E-state index in [1.165, 1.54) is 0 Å². The molecule has 1 saturated heterocycles. The zero-order valence-corrected chi connectivity index (χ0v) is 17.7. The Bertz CT molecular complexity index is 732. The highest BCUT2D eigenvalue weighted by Gasteiger charge is 2.36. The summed E-state index contributed by atoms with van der Waals surface area (Å²) in [5, 5.41) is 6.02. The fraction of sp³-hybridized carbons (Fsp3) is 0.609. The van der Waals surface area contributed by atoms with Crippen LogP contribution in [0.5, 0.6) is 0 Å². The summed E-state index contributed by atoms with van der Waals surface area (Å²) in [6, 6.07) is 7.04. The number of piperidine rings is 1. The summed E-state index contributed by atoms with van der Waals surface area (Å²) >= 11 is 0. The maximum absolute atomic E-state index is 12.9. The minimum absolute atomic E-state index is 0.0336. The molecule has 1 aromatic rings. The van der Waals surface area contributed by atoms with Crippen LogP contribution >= 0.6 is 0 Å². The van der Waals surface area contributed by atoms with Crippen LogP contribution in [0.2, 0.25) is 0 Å². The Kier molecular flexibility index (Phi) is 6.93. The molecule has 1 aliphatic heterocycles. The molecule has 0 bridgehead atoms. The third kappa shape index (κ3) is 6.05. The number of hydrogen-bond acceptors (Lipinski definition) is 3. The lowest BCUT2D eigenvalue weighted by atomic mass is 9.88. The Labute approximate surface area is 173 Å². The minimum atomic E-state index is -0.563. The lowest BCUT2D eigenvalue weighted by molar-refractivity contribution is -0.133. The van der Waals surface area contributed by atoms with Crippen molar-refractivity contribution < 1.29 is 14.4 Å². The molecule has 2 N–H and O–H groups in total. The Morgan fingerprint density at radius 1 is 1.03 bits per heavy atom. The summed E-state index contributed by atoms with van der Waals surface area (Å²) in [6.45, 7) is 7.35. The maximum Gasteiger partial charge on any atom is 0.251 e. The van der Waals surface area contributed by atoms with Gasteiger partial charge in [-0.3, -0.25) is 14.4 Å². The van der Waals surface area contributed by atoms with E-state index in [4.69, 9.17) is 0 Å². The highest BCUT2D eigenvalue weighted by molar-refractivity contribution is 5.97. The van der Waals surface area contributed by atoms with Crippen molar-refractivity contribution in [2.75, 3.05) is 13.1 Å². The van der Waals surface area contributed by atoms with Crippen molar-refractivity contribution in [3.63, 3.8) is 0 Å². The standard InChI is InChI=1S/C23H33N3O3/c1-15(2)14-20(27)26-12-10-17(11-13-26)21(23(29)24-19-8-9-19)25-22(28)18-6-4-16(3)5-7-18/h4-7,15,17,19,21H,8-14H2,1-3H3,(H,24,29)(H,25,28)/t21-/m1/s1.